The summed E-state index contributed by atoms with van der Waals surface area (Å²) in [5.41, 5.74) is 0. The van der Waals surface area contributed by atoms with Crippen LogP contribution in [0.25, 0.3) is 0 Å². The van der Waals surface area contributed by atoms with Crippen LogP contribution in [0.4, 0.5) is 4.79 Å². The van der Waals surface area contributed by atoms with Crippen molar-refractivity contribution in [2.45, 2.75) is 82.9 Å². The number of halogens is 1. The van der Waals surface area contributed by atoms with Gasteiger partial charge >= 0.3 is 6.03 Å². The topological polar surface area (TPSA) is 132 Å². The van der Waals surface area contributed by atoms with E-state index in [-0.39, 0.29) is 31.0 Å². The summed E-state index contributed by atoms with van der Waals surface area (Å²) in [4.78, 5) is 25.1. The Morgan fingerprint density at radius 2 is 1.83 bits per heavy atom. The summed E-state index contributed by atoms with van der Waals surface area (Å²) < 4.78 is 11.6. The lowest BCUT2D eigenvalue weighted by molar-refractivity contribution is -0.328. The van der Waals surface area contributed by atoms with Gasteiger partial charge in [-0.25, -0.2) is 4.79 Å². The van der Waals surface area contributed by atoms with Gasteiger partial charge in [0.25, 0.3) is 0 Å². The van der Waals surface area contributed by atoms with Crippen LogP contribution in [-0.4, -0.2) is 87.2 Å². The maximum atomic E-state index is 12.9. The number of carbonyl (C=O) groups is 1. The molecule has 2 fully saturated rings. The van der Waals surface area contributed by atoms with Gasteiger partial charge in [-0.15, -0.1) is 16.5 Å². The molecule has 0 bridgehead atoms. The zero-order chi connectivity index (χ0) is 21.6. The summed E-state index contributed by atoms with van der Waals surface area (Å²) in [6, 6.07) is -0.807. The Balaban J connectivity index is 2.21. The lowest BCUT2D eigenvalue weighted by atomic mass is 9.97. The van der Waals surface area contributed by atoms with Crippen molar-refractivity contribution in [3.63, 3.8) is 0 Å². The Hall–Kier alpha value is -1.04. The van der Waals surface area contributed by atoms with Gasteiger partial charge in [0.1, 0.15) is 18.3 Å². The molecule has 1 unspecified atom stereocenters. The first kappa shape index (κ1) is 24.2. The van der Waals surface area contributed by atoms with Gasteiger partial charge in [0, 0.05) is 12.4 Å². The maximum absolute atomic E-state index is 12.9. The summed E-state index contributed by atoms with van der Waals surface area (Å²) in [7, 11) is 0. The van der Waals surface area contributed by atoms with Gasteiger partial charge in [-0.1, -0.05) is 33.1 Å². The first-order valence-electron chi connectivity index (χ1n) is 10.1. The van der Waals surface area contributed by atoms with Crippen LogP contribution in [0.3, 0.4) is 0 Å². The molecular weight excluding hydrogens is 406 g/mol. The number of ether oxygens (including phenoxy) is 2. The molecule has 0 spiro atoms. The second-order valence-corrected chi connectivity index (χ2v) is 8.36. The minimum atomic E-state index is -1.59. The quantitative estimate of drug-likeness (QED) is 0.297. The average molecular weight is 438 g/mol. The van der Waals surface area contributed by atoms with Gasteiger partial charge in [0.05, 0.1) is 17.9 Å². The molecule has 3 N–H and O–H groups in total. The molecule has 1 saturated carbocycles. The number of urea groups is 1. The van der Waals surface area contributed by atoms with E-state index in [2.05, 4.69) is 5.29 Å². The summed E-state index contributed by atoms with van der Waals surface area (Å²) in [6.45, 7) is 3.69. The number of nitroso groups, excluding NO2 is 1. The Labute approximate surface area is 175 Å². The van der Waals surface area contributed by atoms with Crippen LogP contribution in [-0.2, 0) is 9.47 Å². The largest absolute Gasteiger partial charge is 0.387 e. The molecule has 2 aliphatic rings. The number of aliphatic hydroxyl groups excluding tert-OH is 3. The minimum Gasteiger partial charge on any atom is -0.387 e. The number of hydrogen-bond acceptors (Lipinski definition) is 8. The standard InChI is InChI=1S/C18H32ClN3O7/c1-11(2)10-21(18(26)22(20-27)9-8-19)16-14(24)13(23)15(25)17(29-16)28-12-6-4-3-5-7-12/h11-17,23-25H,3-10H2,1-2H3/t13-,14+,15+,16?,17-/m1/s1. The second kappa shape index (κ2) is 11.4. The van der Waals surface area contributed by atoms with Crippen LogP contribution >= 0.6 is 11.6 Å². The molecule has 10 nitrogen and oxygen atoms in total. The highest BCUT2D eigenvalue weighted by molar-refractivity contribution is 6.18. The summed E-state index contributed by atoms with van der Waals surface area (Å²) in [5, 5.41) is 34.5. The molecule has 11 heteroatoms. The molecule has 1 saturated heterocycles. The molecule has 0 aromatic heterocycles. The van der Waals surface area contributed by atoms with Crippen LogP contribution in [0.15, 0.2) is 5.29 Å². The van der Waals surface area contributed by atoms with Crippen molar-refractivity contribution >= 4 is 17.6 Å². The molecule has 2 amide bonds. The molecule has 0 radical (unpaired) electrons. The summed E-state index contributed by atoms with van der Waals surface area (Å²) in [5.74, 6) is -0.0449. The SMILES string of the molecule is CC(C)CN(C(=O)N(CCCl)N=O)C1O[C@@H](OC2CCCCC2)[C@@H](O)[C@H](O)[C@@H]1O. The number of hydrogen-bond donors (Lipinski definition) is 3. The third kappa shape index (κ3) is 6.22. The fraction of sp³-hybridized carbons (Fsp3) is 0.944. The molecule has 29 heavy (non-hydrogen) atoms. The summed E-state index contributed by atoms with van der Waals surface area (Å²) in [6.07, 6.45) is -2.59. The number of amides is 2. The predicted molar refractivity (Wildman–Crippen MR) is 105 cm³/mol. The molecule has 1 aliphatic heterocycles. The van der Waals surface area contributed by atoms with E-state index in [4.69, 9.17) is 21.1 Å². The number of carbonyl (C=O) groups excluding carboxylic acids is 1. The van der Waals surface area contributed by atoms with Crippen molar-refractivity contribution in [2.24, 2.45) is 11.2 Å². The molecular formula is C18H32ClN3O7. The smallest absolute Gasteiger partial charge is 0.345 e. The van der Waals surface area contributed by atoms with Crippen LogP contribution in [0, 0.1) is 10.8 Å². The zero-order valence-electron chi connectivity index (χ0n) is 16.9. The molecule has 0 aromatic carbocycles. The highest BCUT2D eigenvalue weighted by Gasteiger charge is 2.49. The Morgan fingerprint density at radius 1 is 1.17 bits per heavy atom. The van der Waals surface area contributed by atoms with E-state index in [0.29, 0.717) is 5.01 Å². The second-order valence-electron chi connectivity index (χ2n) is 7.99. The van der Waals surface area contributed by atoms with E-state index in [1.807, 2.05) is 13.8 Å². The number of alkyl halides is 1. The molecule has 1 heterocycles. The van der Waals surface area contributed by atoms with E-state index in [0.717, 1.165) is 37.0 Å². The summed E-state index contributed by atoms with van der Waals surface area (Å²) >= 11 is 5.63. The Bertz CT molecular complexity index is 536. The van der Waals surface area contributed by atoms with Crippen molar-refractivity contribution in [2.75, 3.05) is 19.0 Å². The third-order valence-corrected chi connectivity index (χ3v) is 5.32. The van der Waals surface area contributed by atoms with Crippen LogP contribution in [0.2, 0.25) is 0 Å². The van der Waals surface area contributed by atoms with Gasteiger partial charge in [-0.3, -0.25) is 4.90 Å². The van der Waals surface area contributed by atoms with Crippen molar-refractivity contribution < 1.29 is 29.6 Å². The average Bonchev–Trinajstić information content (AvgIpc) is 2.71. The van der Waals surface area contributed by atoms with E-state index in [9.17, 15) is 25.0 Å². The van der Waals surface area contributed by atoms with E-state index in [1.165, 1.54) is 0 Å². The van der Waals surface area contributed by atoms with Gasteiger partial charge in [0.2, 0.25) is 0 Å². The van der Waals surface area contributed by atoms with Gasteiger partial charge < -0.3 is 24.8 Å². The maximum Gasteiger partial charge on any atom is 0.345 e. The number of nitrogens with zero attached hydrogens (tertiary/aromatic N) is 3. The van der Waals surface area contributed by atoms with Crippen molar-refractivity contribution in [3.8, 4) is 0 Å². The number of aliphatic hydroxyl groups is 3. The highest BCUT2D eigenvalue weighted by Crippen LogP contribution is 2.29. The van der Waals surface area contributed by atoms with Gasteiger partial charge in [-0.2, -0.15) is 5.01 Å². The first-order valence-corrected chi connectivity index (χ1v) is 10.7. The molecule has 168 valence electrons. The Morgan fingerprint density at radius 3 is 2.38 bits per heavy atom. The minimum absolute atomic E-state index is 0.00414. The molecule has 1 aliphatic carbocycles. The molecule has 2 rings (SSSR count). The van der Waals surface area contributed by atoms with Crippen molar-refractivity contribution in [3.05, 3.63) is 4.91 Å². The van der Waals surface area contributed by atoms with Gasteiger partial charge in [0.15, 0.2) is 12.5 Å². The van der Waals surface area contributed by atoms with E-state index >= 15 is 0 Å². The lowest BCUT2D eigenvalue weighted by Gasteiger charge is -2.46. The normalized spacial score (nSPS) is 30.9. The molecule has 0 aromatic rings. The van der Waals surface area contributed by atoms with Crippen molar-refractivity contribution in [1.82, 2.24) is 9.91 Å². The fourth-order valence-corrected chi connectivity index (χ4v) is 3.84. The zero-order valence-corrected chi connectivity index (χ0v) is 17.6. The first-order chi connectivity index (χ1) is 13.8. The lowest BCUT2D eigenvalue weighted by Crippen LogP contribution is -2.65. The fourth-order valence-electron chi connectivity index (χ4n) is 3.68. The molecule has 5 atom stereocenters. The number of rotatable bonds is 8. The van der Waals surface area contributed by atoms with Crippen LogP contribution < -0.4 is 0 Å². The van der Waals surface area contributed by atoms with Gasteiger partial charge in [-0.05, 0) is 18.8 Å². The van der Waals surface area contributed by atoms with E-state index < -0.39 is 36.9 Å². The predicted octanol–water partition coefficient (Wildman–Crippen LogP) is 1.40. The van der Waals surface area contributed by atoms with E-state index in [1.54, 1.807) is 0 Å². The van der Waals surface area contributed by atoms with Crippen LogP contribution in [0.5, 0.6) is 0 Å². The monoisotopic (exact) mass is 437 g/mol. The Kier molecular flexibility index (Phi) is 9.51. The van der Waals surface area contributed by atoms with Crippen LogP contribution in [0.1, 0.15) is 46.0 Å². The third-order valence-electron chi connectivity index (χ3n) is 5.15. The van der Waals surface area contributed by atoms with Crippen molar-refractivity contribution in [1.29, 1.82) is 0 Å². The highest BCUT2D eigenvalue weighted by atomic mass is 35.5.